The lowest BCUT2D eigenvalue weighted by Crippen LogP contribution is -2.20. The number of imidazole rings is 1. The van der Waals surface area contributed by atoms with Crippen molar-refractivity contribution in [2.45, 2.75) is 25.9 Å². The Morgan fingerprint density at radius 3 is 2.25 bits per heavy atom. The molecule has 0 bridgehead atoms. The number of fused-ring (bicyclic) bond motifs is 1. The highest BCUT2D eigenvalue weighted by Crippen LogP contribution is 2.26. The van der Waals surface area contributed by atoms with E-state index in [-0.39, 0.29) is 29.3 Å². The lowest BCUT2D eigenvalue weighted by Gasteiger charge is -2.12. The Hall–Kier alpha value is -3.05. The molecule has 0 saturated carbocycles. The largest absolute Gasteiger partial charge is 0.573 e. The molecule has 3 rings (SSSR count). The van der Waals surface area contributed by atoms with Crippen molar-refractivity contribution in [2.75, 3.05) is 6.61 Å². The lowest BCUT2D eigenvalue weighted by atomic mass is 10.1. The average molecular weight is 406 g/mol. The Morgan fingerprint density at radius 1 is 0.964 bits per heavy atom. The third-order valence-corrected chi connectivity index (χ3v) is 3.39. The predicted octanol–water partition coefficient (Wildman–Crippen LogP) is 4.09. The molecular weight excluding hydrogens is 394 g/mol. The van der Waals surface area contributed by atoms with Crippen LogP contribution in [0.3, 0.4) is 0 Å². The fraction of sp³-hybridized carbons (Fsp3) is 0.312. The van der Waals surface area contributed by atoms with Gasteiger partial charge in [0.2, 0.25) is 11.5 Å². The molecule has 0 aliphatic rings. The number of ether oxygens (including phenoxy) is 2. The first-order valence-electron chi connectivity index (χ1n) is 7.76. The summed E-state index contributed by atoms with van der Waals surface area (Å²) in [7, 11) is 0. The maximum atomic E-state index is 12.5. The van der Waals surface area contributed by atoms with Crippen LogP contribution in [-0.2, 0) is 6.42 Å². The van der Waals surface area contributed by atoms with Gasteiger partial charge in [0, 0.05) is 6.42 Å². The molecule has 28 heavy (non-hydrogen) atoms. The molecule has 6 nitrogen and oxygen atoms in total. The van der Waals surface area contributed by atoms with Crippen molar-refractivity contribution < 1.29 is 35.8 Å². The van der Waals surface area contributed by atoms with Crippen LogP contribution in [0, 0.1) is 6.92 Å². The number of rotatable bonds is 5. The number of nitrogens with one attached hydrogen (secondary N) is 1. The first-order valence-corrected chi connectivity index (χ1v) is 7.76. The van der Waals surface area contributed by atoms with Gasteiger partial charge < -0.3 is 14.5 Å². The van der Waals surface area contributed by atoms with E-state index in [9.17, 15) is 26.3 Å². The van der Waals surface area contributed by atoms with Crippen LogP contribution < -0.4 is 9.47 Å². The number of hydrogen-bond donors (Lipinski definition) is 1. The molecule has 0 fully saturated rings. The highest BCUT2D eigenvalue weighted by molar-refractivity contribution is 5.66. The molecule has 0 saturated heterocycles. The van der Waals surface area contributed by atoms with Gasteiger partial charge in [-0.05, 0) is 24.6 Å². The zero-order chi connectivity index (χ0) is 20.5. The molecule has 0 aliphatic heterocycles. The van der Waals surface area contributed by atoms with Crippen LogP contribution >= 0.6 is 0 Å². The van der Waals surface area contributed by atoms with E-state index in [1.165, 1.54) is 12.1 Å². The number of aromatic nitrogens is 4. The van der Waals surface area contributed by atoms with Gasteiger partial charge in [-0.2, -0.15) is 18.2 Å². The number of halogens is 6. The van der Waals surface area contributed by atoms with Crippen molar-refractivity contribution in [3.05, 3.63) is 41.3 Å². The second kappa shape index (κ2) is 7.17. The molecule has 0 unspecified atom stereocenters. The highest BCUT2D eigenvalue weighted by atomic mass is 19.4. The van der Waals surface area contributed by atoms with E-state index in [1.54, 1.807) is 6.92 Å². The molecule has 2 aromatic heterocycles. The van der Waals surface area contributed by atoms with Crippen molar-refractivity contribution in [1.29, 1.82) is 0 Å². The monoisotopic (exact) mass is 406 g/mol. The summed E-state index contributed by atoms with van der Waals surface area (Å²) in [5.74, 6) is -0.315. The van der Waals surface area contributed by atoms with Crippen LogP contribution in [0.1, 0.15) is 17.1 Å². The van der Waals surface area contributed by atoms with Crippen molar-refractivity contribution >= 4 is 11.3 Å². The number of nitrogens with zero attached hydrogens (tertiary/aromatic N) is 3. The van der Waals surface area contributed by atoms with Crippen molar-refractivity contribution in [1.82, 2.24) is 19.9 Å². The summed E-state index contributed by atoms with van der Waals surface area (Å²) in [5, 5.41) is 0. The van der Waals surface area contributed by atoms with Gasteiger partial charge in [0.05, 0.1) is 0 Å². The SMILES string of the molecule is Cc1nc2nc(OCC(F)(F)F)c(Cc3ccc(OC(F)(F)F)cc3)nc2[nH]1. The number of alkyl halides is 6. The molecule has 0 radical (unpaired) electrons. The molecule has 3 aromatic rings. The smallest absolute Gasteiger partial charge is 0.467 e. The van der Waals surface area contributed by atoms with Gasteiger partial charge in [-0.15, -0.1) is 13.2 Å². The quantitative estimate of drug-likeness (QED) is 0.647. The van der Waals surface area contributed by atoms with Gasteiger partial charge in [-0.25, -0.2) is 9.97 Å². The summed E-state index contributed by atoms with van der Waals surface area (Å²) in [6, 6.07) is 4.84. The minimum absolute atomic E-state index is 0.0273. The van der Waals surface area contributed by atoms with E-state index >= 15 is 0 Å². The minimum Gasteiger partial charge on any atom is -0.467 e. The second-order valence-corrected chi connectivity index (χ2v) is 5.74. The van der Waals surface area contributed by atoms with E-state index in [2.05, 4.69) is 24.7 Å². The summed E-state index contributed by atoms with van der Waals surface area (Å²) >= 11 is 0. The summed E-state index contributed by atoms with van der Waals surface area (Å²) in [4.78, 5) is 15.0. The molecule has 0 amide bonds. The van der Waals surface area contributed by atoms with Crippen LogP contribution in [0.2, 0.25) is 0 Å². The van der Waals surface area contributed by atoms with Crippen LogP contribution in [0.5, 0.6) is 11.6 Å². The molecule has 0 spiro atoms. The number of aryl methyl sites for hydroxylation is 1. The molecule has 0 aliphatic carbocycles. The molecule has 0 atom stereocenters. The first kappa shape index (κ1) is 19.7. The number of hydrogen-bond acceptors (Lipinski definition) is 5. The van der Waals surface area contributed by atoms with Gasteiger partial charge in [-0.1, -0.05) is 12.1 Å². The Morgan fingerprint density at radius 2 is 1.64 bits per heavy atom. The molecule has 2 heterocycles. The Bertz CT molecular complexity index is 966. The Kier molecular flexibility index (Phi) is 5.04. The summed E-state index contributed by atoms with van der Waals surface area (Å²) in [6.45, 7) is 0.0562. The number of aromatic amines is 1. The van der Waals surface area contributed by atoms with E-state index in [4.69, 9.17) is 4.74 Å². The zero-order valence-corrected chi connectivity index (χ0v) is 14.1. The van der Waals surface area contributed by atoms with Gasteiger partial charge >= 0.3 is 12.5 Å². The van der Waals surface area contributed by atoms with Crippen LogP contribution in [-0.4, -0.2) is 39.1 Å². The normalized spacial score (nSPS) is 12.4. The van der Waals surface area contributed by atoms with Crippen LogP contribution in [0.25, 0.3) is 11.3 Å². The van der Waals surface area contributed by atoms with Crippen LogP contribution in [0.15, 0.2) is 24.3 Å². The Balaban J connectivity index is 1.87. The predicted molar refractivity (Wildman–Crippen MR) is 83.9 cm³/mol. The maximum absolute atomic E-state index is 12.5. The van der Waals surface area contributed by atoms with E-state index < -0.39 is 24.9 Å². The standard InChI is InChI=1S/C16H12F6N4O2/c1-8-23-12-13(24-8)26-14(27-7-15(17,18)19)11(25-12)6-9-2-4-10(5-3-9)28-16(20,21)22/h2-5H,6-7H2,1H3,(H,23,24,25,26). The topological polar surface area (TPSA) is 72.9 Å². The van der Waals surface area contributed by atoms with E-state index in [0.29, 0.717) is 11.4 Å². The Labute approximate surface area is 153 Å². The van der Waals surface area contributed by atoms with Gasteiger partial charge in [-0.3, -0.25) is 0 Å². The molecular formula is C16H12F6N4O2. The first-order chi connectivity index (χ1) is 13.0. The number of H-pyrrole nitrogens is 1. The molecule has 1 aromatic carbocycles. The third-order valence-electron chi connectivity index (χ3n) is 3.39. The summed E-state index contributed by atoms with van der Waals surface area (Å²) in [5.41, 5.74) is 0.886. The third kappa shape index (κ3) is 5.24. The fourth-order valence-electron chi connectivity index (χ4n) is 2.35. The molecule has 1 N–H and O–H groups in total. The van der Waals surface area contributed by atoms with E-state index in [0.717, 1.165) is 12.1 Å². The van der Waals surface area contributed by atoms with Crippen molar-refractivity contribution in [3.8, 4) is 11.6 Å². The average Bonchev–Trinajstić information content (AvgIpc) is 2.91. The van der Waals surface area contributed by atoms with Gasteiger partial charge in [0.15, 0.2) is 12.3 Å². The minimum atomic E-state index is -4.82. The maximum Gasteiger partial charge on any atom is 0.573 e. The zero-order valence-electron chi connectivity index (χ0n) is 14.1. The van der Waals surface area contributed by atoms with E-state index in [1.807, 2.05) is 0 Å². The summed E-state index contributed by atoms with van der Waals surface area (Å²) < 4.78 is 82.7. The molecule has 12 heteroatoms. The van der Waals surface area contributed by atoms with Crippen molar-refractivity contribution in [2.24, 2.45) is 0 Å². The van der Waals surface area contributed by atoms with Crippen molar-refractivity contribution in [3.63, 3.8) is 0 Å². The van der Waals surface area contributed by atoms with Gasteiger partial charge in [0.1, 0.15) is 17.3 Å². The highest BCUT2D eigenvalue weighted by Gasteiger charge is 2.31. The summed E-state index contributed by atoms with van der Waals surface area (Å²) in [6.07, 6.45) is -9.43. The van der Waals surface area contributed by atoms with Gasteiger partial charge in [0.25, 0.3) is 0 Å². The number of benzene rings is 1. The second-order valence-electron chi connectivity index (χ2n) is 5.74. The lowest BCUT2D eigenvalue weighted by molar-refractivity contribution is -0.274. The van der Waals surface area contributed by atoms with Crippen LogP contribution in [0.4, 0.5) is 26.3 Å². The fourth-order valence-corrected chi connectivity index (χ4v) is 2.35. The molecule has 150 valence electrons.